The number of aryl methyl sites for hydroxylation is 1. The minimum absolute atomic E-state index is 0.608. The Morgan fingerprint density at radius 3 is 2.67 bits per heavy atom. The van der Waals surface area contributed by atoms with Crippen LogP contribution < -0.4 is 10.1 Å². The average Bonchev–Trinajstić information content (AvgIpc) is 2.48. The molecule has 0 atom stereocenters. The lowest BCUT2D eigenvalue weighted by Crippen LogP contribution is -2.18. The summed E-state index contributed by atoms with van der Waals surface area (Å²) in [6.45, 7) is 4.28. The normalized spacial score (nSPS) is 10.6. The molecule has 3 nitrogen and oxygen atoms in total. The Hall–Kier alpha value is -1.55. The van der Waals surface area contributed by atoms with Crippen molar-refractivity contribution < 1.29 is 9.47 Å². The van der Waals surface area contributed by atoms with Gasteiger partial charge in [0.25, 0.3) is 0 Å². The number of benzene rings is 2. The van der Waals surface area contributed by atoms with Crippen molar-refractivity contribution in [3.8, 4) is 11.5 Å². The highest BCUT2D eigenvalue weighted by Crippen LogP contribution is 2.31. The number of halogens is 1. The van der Waals surface area contributed by atoms with Gasteiger partial charge in [-0.3, -0.25) is 0 Å². The van der Waals surface area contributed by atoms with E-state index in [0.717, 1.165) is 24.4 Å². The Morgan fingerprint density at radius 1 is 1.10 bits per heavy atom. The fraction of sp³-hybridized carbons (Fsp3) is 0.294. The van der Waals surface area contributed by atoms with Gasteiger partial charge in [0.15, 0.2) is 0 Å². The van der Waals surface area contributed by atoms with Crippen molar-refractivity contribution in [2.24, 2.45) is 0 Å². The number of rotatable bonds is 7. The summed E-state index contributed by atoms with van der Waals surface area (Å²) < 4.78 is 11.0. The van der Waals surface area contributed by atoms with Crippen LogP contribution in [0.5, 0.6) is 11.5 Å². The second kappa shape index (κ2) is 8.03. The van der Waals surface area contributed by atoms with E-state index in [2.05, 4.69) is 18.3 Å². The third-order valence-electron chi connectivity index (χ3n) is 3.07. The lowest BCUT2D eigenvalue weighted by molar-refractivity contribution is 0.199. The molecule has 4 heteroatoms. The smallest absolute Gasteiger partial charge is 0.146 e. The second-order valence-corrected chi connectivity index (χ2v) is 5.22. The van der Waals surface area contributed by atoms with Gasteiger partial charge >= 0.3 is 0 Å². The molecule has 2 rings (SSSR count). The van der Waals surface area contributed by atoms with Crippen molar-refractivity contribution in [3.05, 3.63) is 58.6 Å². The second-order valence-electron chi connectivity index (χ2n) is 4.81. The lowest BCUT2D eigenvalue weighted by Gasteiger charge is -2.13. The zero-order chi connectivity index (χ0) is 15.1. The molecular formula is C17H20ClNO2. The van der Waals surface area contributed by atoms with Gasteiger partial charge in [-0.15, -0.1) is 0 Å². The van der Waals surface area contributed by atoms with Gasteiger partial charge in [-0.2, -0.15) is 0 Å². The number of para-hydroxylation sites is 1. The first kappa shape index (κ1) is 15.8. The van der Waals surface area contributed by atoms with E-state index in [-0.39, 0.29) is 0 Å². The van der Waals surface area contributed by atoms with Crippen LogP contribution in [0.4, 0.5) is 0 Å². The standard InChI is InChI=1S/C17H20ClNO2/c1-13-7-8-16(14(11-13)12-19-9-10-20-2)21-17-6-4-3-5-15(17)18/h3-8,11,19H,9-10,12H2,1-2H3. The molecular weight excluding hydrogens is 286 g/mol. The molecule has 0 aromatic heterocycles. The summed E-state index contributed by atoms with van der Waals surface area (Å²) in [5.41, 5.74) is 2.30. The fourth-order valence-corrected chi connectivity index (χ4v) is 2.16. The first-order valence-electron chi connectivity index (χ1n) is 6.92. The first-order chi connectivity index (χ1) is 10.2. The number of ether oxygens (including phenoxy) is 2. The third-order valence-corrected chi connectivity index (χ3v) is 3.38. The van der Waals surface area contributed by atoms with E-state index in [0.29, 0.717) is 17.4 Å². The molecule has 0 fully saturated rings. The molecule has 0 bridgehead atoms. The van der Waals surface area contributed by atoms with Gasteiger partial charge in [0.1, 0.15) is 11.5 Å². The van der Waals surface area contributed by atoms with Crippen LogP contribution >= 0.6 is 11.6 Å². The van der Waals surface area contributed by atoms with Crippen molar-refractivity contribution in [3.63, 3.8) is 0 Å². The molecule has 0 saturated carbocycles. The minimum atomic E-state index is 0.608. The van der Waals surface area contributed by atoms with Gasteiger partial charge in [0, 0.05) is 25.8 Å². The van der Waals surface area contributed by atoms with Crippen LogP contribution in [0.1, 0.15) is 11.1 Å². The van der Waals surface area contributed by atoms with Crippen LogP contribution in [0.25, 0.3) is 0 Å². The Morgan fingerprint density at radius 2 is 1.90 bits per heavy atom. The zero-order valence-corrected chi connectivity index (χ0v) is 13.1. The van der Waals surface area contributed by atoms with Crippen LogP contribution in [-0.4, -0.2) is 20.3 Å². The Labute approximate surface area is 130 Å². The van der Waals surface area contributed by atoms with E-state index < -0.39 is 0 Å². The lowest BCUT2D eigenvalue weighted by atomic mass is 10.1. The number of methoxy groups -OCH3 is 1. The van der Waals surface area contributed by atoms with Gasteiger partial charge in [0.2, 0.25) is 0 Å². The first-order valence-corrected chi connectivity index (χ1v) is 7.30. The summed E-state index contributed by atoms with van der Waals surface area (Å²) in [5, 5.41) is 3.94. The highest BCUT2D eigenvalue weighted by molar-refractivity contribution is 6.32. The van der Waals surface area contributed by atoms with Gasteiger partial charge in [-0.25, -0.2) is 0 Å². The third kappa shape index (κ3) is 4.74. The summed E-state index contributed by atoms with van der Waals surface area (Å²) in [7, 11) is 1.69. The predicted molar refractivity (Wildman–Crippen MR) is 86.3 cm³/mol. The molecule has 1 N–H and O–H groups in total. The summed E-state index contributed by atoms with van der Waals surface area (Å²) in [4.78, 5) is 0. The maximum Gasteiger partial charge on any atom is 0.146 e. The molecule has 0 aliphatic rings. The molecule has 0 spiro atoms. The monoisotopic (exact) mass is 305 g/mol. The van der Waals surface area contributed by atoms with Gasteiger partial charge in [-0.05, 0) is 25.1 Å². The van der Waals surface area contributed by atoms with Crippen molar-refractivity contribution in [2.75, 3.05) is 20.3 Å². The van der Waals surface area contributed by atoms with Crippen LogP contribution in [0.2, 0.25) is 5.02 Å². The largest absolute Gasteiger partial charge is 0.455 e. The molecule has 112 valence electrons. The van der Waals surface area contributed by atoms with Crippen LogP contribution in [0.3, 0.4) is 0 Å². The van der Waals surface area contributed by atoms with Gasteiger partial charge in [-0.1, -0.05) is 41.4 Å². The Bertz CT molecular complexity index is 587. The SMILES string of the molecule is COCCNCc1cc(C)ccc1Oc1ccccc1Cl. The summed E-state index contributed by atoms with van der Waals surface area (Å²) >= 11 is 6.15. The van der Waals surface area contributed by atoms with Crippen LogP contribution in [0.15, 0.2) is 42.5 Å². The topological polar surface area (TPSA) is 30.5 Å². The maximum absolute atomic E-state index is 6.15. The number of hydrogen-bond acceptors (Lipinski definition) is 3. The molecule has 0 aliphatic carbocycles. The van der Waals surface area contributed by atoms with E-state index in [4.69, 9.17) is 21.1 Å². The van der Waals surface area contributed by atoms with Crippen molar-refractivity contribution >= 4 is 11.6 Å². The fourth-order valence-electron chi connectivity index (χ4n) is 1.99. The highest BCUT2D eigenvalue weighted by atomic mass is 35.5. The van der Waals surface area contributed by atoms with Crippen molar-refractivity contribution in [2.45, 2.75) is 13.5 Å². The quantitative estimate of drug-likeness (QED) is 0.779. The van der Waals surface area contributed by atoms with E-state index >= 15 is 0 Å². The average molecular weight is 306 g/mol. The summed E-state index contributed by atoms with van der Waals surface area (Å²) in [6.07, 6.45) is 0. The molecule has 21 heavy (non-hydrogen) atoms. The van der Waals surface area contributed by atoms with Gasteiger partial charge < -0.3 is 14.8 Å². The predicted octanol–water partition coefficient (Wildman–Crippen LogP) is 4.18. The summed E-state index contributed by atoms with van der Waals surface area (Å²) in [5.74, 6) is 1.49. The van der Waals surface area contributed by atoms with E-state index in [9.17, 15) is 0 Å². The van der Waals surface area contributed by atoms with Gasteiger partial charge in [0.05, 0.1) is 11.6 Å². The molecule has 0 saturated heterocycles. The Balaban J connectivity index is 2.13. The van der Waals surface area contributed by atoms with Crippen molar-refractivity contribution in [1.29, 1.82) is 0 Å². The van der Waals surface area contributed by atoms with Crippen LogP contribution in [0, 0.1) is 6.92 Å². The molecule has 2 aromatic carbocycles. The Kier molecular flexibility index (Phi) is 6.05. The minimum Gasteiger partial charge on any atom is -0.455 e. The van der Waals surface area contributed by atoms with E-state index in [1.54, 1.807) is 7.11 Å². The maximum atomic E-state index is 6.15. The zero-order valence-electron chi connectivity index (χ0n) is 12.4. The molecule has 0 aliphatic heterocycles. The van der Waals surface area contributed by atoms with Crippen molar-refractivity contribution in [1.82, 2.24) is 5.32 Å². The van der Waals surface area contributed by atoms with Crippen LogP contribution in [-0.2, 0) is 11.3 Å². The van der Waals surface area contributed by atoms with E-state index in [1.165, 1.54) is 5.56 Å². The number of hydrogen-bond donors (Lipinski definition) is 1. The molecule has 0 unspecified atom stereocenters. The molecule has 0 amide bonds. The molecule has 0 heterocycles. The number of nitrogens with one attached hydrogen (secondary N) is 1. The highest BCUT2D eigenvalue weighted by Gasteiger charge is 2.07. The molecule has 2 aromatic rings. The summed E-state index contributed by atoms with van der Waals surface area (Å²) in [6, 6.07) is 13.6. The van der Waals surface area contributed by atoms with E-state index in [1.807, 2.05) is 36.4 Å². The molecule has 0 radical (unpaired) electrons.